The SMILES string of the molecule is CCO[C@H]1CCCN(C(=O)CCn2c(=O)[nH]c(=O)c3ccccc32)C1. The zero-order valence-corrected chi connectivity index (χ0v) is 14.4. The highest BCUT2D eigenvalue weighted by Crippen LogP contribution is 2.15. The maximum absolute atomic E-state index is 12.5. The Morgan fingerprint density at radius 2 is 2.12 bits per heavy atom. The first-order valence-corrected chi connectivity index (χ1v) is 8.71. The van der Waals surface area contributed by atoms with E-state index >= 15 is 0 Å². The fraction of sp³-hybridized carbons (Fsp3) is 0.500. The van der Waals surface area contributed by atoms with Gasteiger partial charge in [-0.05, 0) is 31.9 Å². The number of carbonyl (C=O) groups excluding carboxylic acids is 1. The molecule has 0 bridgehead atoms. The molecule has 1 atom stereocenters. The number of nitrogens with zero attached hydrogens (tertiary/aromatic N) is 2. The van der Waals surface area contributed by atoms with Crippen LogP contribution in [0.2, 0.25) is 0 Å². The second-order valence-corrected chi connectivity index (χ2v) is 6.24. The van der Waals surface area contributed by atoms with Crippen LogP contribution in [0.1, 0.15) is 26.2 Å². The van der Waals surface area contributed by atoms with E-state index in [0.29, 0.717) is 24.1 Å². The zero-order chi connectivity index (χ0) is 17.8. The van der Waals surface area contributed by atoms with Crippen molar-refractivity contribution in [3.63, 3.8) is 0 Å². The summed E-state index contributed by atoms with van der Waals surface area (Å²) < 4.78 is 7.08. The number of aromatic amines is 1. The number of carbonyl (C=O) groups is 1. The highest BCUT2D eigenvalue weighted by Gasteiger charge is 2.23. The van der Waals surface area contributed by atoms with E-state index in [1.165, 1.54) is 4.57 Å². The first kappa shape index (κ1) is 17.4. The number of nitrogens with one attached hydrogen (secondary N) is 1. The standard InChI is InChI=1S/C18H23N3O4/c1-2-25-13-6-5-10-20(12-13)16(22)9-11-21-15-8-4-3-7-14(15)17(23)19-18(21)24/h3-4,7-8,13H,2,5-6,9-12H2,1H3,(H,19,23,24)/t13-/m0/s1. The van der Waals surface area contributed by atoms with E-state index in [-0.39, 0.29) is 25.0 Å². The number of para-hydroxylation sites is 1. The van der Waals surface area contributed by atoms with Crippen LogP contribution in [-0.4, -0.2) is 46.2 Å². The van der Waals surface area contributed by atoms with Gasteiger partial charge in [-0.3, -0.25) is 19.1 Å². The fourth-order valence-electron chi connectivity index (χ4n) is 3.37. The summed E-state index contributed by atoms with van der Waals surface area (Å²) in [5.41, 5.74) is -0.337. The van der Waals surface area contributed by atoms with E-state index in [0.717, 1.165) is 19.4 Å². The summed E-state index contributed by atoms with van der Waals surface area (Å²) in [4.78, 5) is 40.7. The molecule has 2 heterocycles. The Morgan fingerprint density at radius 1 is 1.32 bits per heavy atom. The zero-order valence-electron chi connectivity index (χ0n) is 14.4. The molecule has 25 heavy (non-hydrogen) atoms. The number of rotatable bonds is 5. The van der Waals surface area contributed by atoms with E-state index in [4.69, 9.17) is 4.74 Å². The van der Waals surface area contributed by atoms with Crippen LogP contribution >= 0.6 is 0 Å². The second kappa shape index (κ2) is 7.65. The van der Waals surface area contributed by atoms with Crippen LogP contribution < -0.4 is 11.2 Å². The van der Waals surface area contributed by atoms with Gasteiger partial charge in [0.2, 0.25) is 5.91 Å². The van der Waals surface area contributed by atoms with Crippen molar-refractivity contribution < 1.29 is 9.53 Å². The van der Waals surface area contributed by atoms with Crippen LogP contribution in [0, 0.1) is 0 Å². The predicted molar refractivity (Wildman–Crippen MR) is 94.7 cm³/mol. The molecule has 0 unspecified atom stereocenters. The van der Waals surface area contributed by atoms with Crippen molar-refractivity contribution in [2.75, 3.05) is 19.7 Å². The molecule has 134 valence electrons. The minimum Gasteiger partial charge on any atom is -0.377 e. The van der Waals surface area contributed by atoms with Crippen molar-refractivity contribution in [3.05, 3.63) is 45.1 Å². The van der Waals surface area contributed by atoms with Crippen molar-refractivity contribution in [2.24, 2.45) is 0 Å². The van der Waals surface area contributed by atoms with Crippen LogP contribution in [0.5, 0.6) is 0 Å². The monoisotopic (exact) mass is 345 g/mol. The highest BCUT2D eigenvalue weighted by atomic mass is 16.5. The smallest absolute Gasteiger partial charge is 0.328 e. The Bertz CT molecular complexity index is 868. The third-order valence-corrected chi connectivity index (χ3v) is 4.59. The predicted octanol–water partition coefficient (Wildman–Crippen LogP) is 1.11. The number of H-pyrrole nitrogens is 1. The molecule has 1 aromatic heterocycles. The van der Waals surface area contributed by atoms with Crippen LogP contribution in [-0.2, 0) is 16.1 Å². The lowest BCUT2D eigenvalue weighted by atomic mass is 10.1. The molecular formula is C18H23N3O4. The van der Waals surface area contributed by atoms with Crippen molar-refractivity contribution in [1.82, 2.24) is 14.5 Å². The lowest BCUT2D eigenvalue weighted by Gasteiger charge is -2.32. The van der Waals surface area contributed by atoms with Crippen LogP contribution in [0.3, 0.4) is 0 Å². The molecule has 2 aromatic rings. The van der Waals surface area contributed by atoms with Gasteiger partial charge in [0.25, 0.3) is 5.56 Å². The normalized spacial score (nSPS) is 17.8. The Labute approximate surface area is 145 Å². The Morgan fingerprint density at radius 3 is 2.92 bits per heavy atom. The van der Waals surface area contributed by atoms with Crippen molar-refractivity contribution >= 4 is 16.8 Å². The summed E-state index contributed by atoms with van der Waals surface area (Å²) in [6, 6.07) is 6.92. The molecule has 0 radical (unpaired) electrons. The van der Waals surface area contributed by atoms with Gasteiger partial charge in [-0.15, -0.1) is 0 Å². The molecule has 3 rings (SSSR count). The van der Waals surface area contributed by atoms with Gasteiger partial charge in [0.15, 0.2) is 0 Å². The average Bonchev–Trinajstić information content (AvgIpc) is 2.62. The number of benzene rings is 1. The molecule has 1 aliphatic heterocycles. The van der Waals surface area contributed by atoms with Gasteiger partial charge in [-0.25, -0.2) is 4.79 Å². The van der Waals surface area contributed by atoms with Gasteiger partial charge < -0.3 is 9.64 Å². The molecule has 1 aromatic carbocycles. The summed E-state index contributed by atoms with van der Waals surface area (Å²) in [5, 5.41) is 0.448. The summed E-state index contributed by atoms with van der Waals surface area (Å²) >= 11 is 0. The minimum atomic E-state index is -0.484. The first-order chi connectivity index (χ1) is 12.1. The van der Waals surface area contributed by atoms with Gasteiger partial charge >= 0.3 is 5.69 Å². The maximum Gasteiger partial charge on any atom is 0.328 e. The van der Waals surface area contributed by atoms with Crippen LogP contribution in [0.4, 0.5) is 0 Å². The summed E-state index contributed by atoms with van der Waals surface area (Å²) in [5.74, 6) is 0.00610. The van der Waals surface area contributed by atoms with Crippen LogP contribution in [0.15, 0.2) is 33.9 Å². The summed E-state index contributed by atoms with van der Waals surface area (Å²) in [6.45, 7) is 4.17. The number of piperidine rings is 1. The number of aryl methyl sites for hydroxylation is 1. The molecule has 1 fully saturated rings. The van der Waals surface area contributed by atoms with E-state index in [1.807, 2.05) is 11.8 Å². The molecule has 7 nitrogen and oxygen atoms in total. The Balaban J connectivity index is 1.73. The number of aromatic nitrogens is 2. The quantitative estimate of drug-likeness (QED) is 0.880. The van der Waals surface area contributed by atoms with E-state index in [1.54, 1.807) is 24.3 Å². The van der Waals surface area contributed by atoms with E-state index < -0.39 is 11.2 Å². The number of hydrogen-bond acceptors (Lipinski definition) is 4. The molecule has 0 aliphatic carbocycles. The number of ether oxygens (including phenoxy) is 1. The van der Waals surface area contributed by atoms with Crippen molar-refractivity contribution in [1.29, 1.82) is 0 Å². The molecule has 1 N–H and O–H groups in total. The topological polar surface area (TPSA) is 84.4 Å². The second-order valence-electron chi connectivity index (χ2n) is 6.24. The number of amides is 1. The average molecular weight is 345 g/mol. The number of likely N-dealkylation sites (tertiary alicyclic amines) is 1. The van der Waals surface area contributed by atoms with Gasteiger partial charge in [-0.1, -0.05) is 12.1 Å². The van der Waals surface area contributed by atoms with E-state index in [9.17, 15) is 14.4 Å². The largest absolute Gasteiger partial charge is 0.377 e. The van der Waals surface area contributed by atoms with Gasteiger partial charge in [0, 0.05) is 32.7 Å². The lowest BCUT2D eigenvalue weighted by molar-refractivity contribution is -0.135. The third kappa shape index (κ3) is 3.82. The molecular weight excluding hydrogens is 322 g/mol. The fourth-order valence-corrected chi connectivity index (χ4v) is 3.37. The highest BCUT2D eigenvalue weighted by molar-refractivity contribution is 5.79. The van der Waals surface area contributed by atoms with E-state index in [2.05, 4.69) is 4.98 Å². The number of fused-ring (bicyclic) bond motifs is 1. The number of hydrogen-bond donors (Lipinski definition) is 1. The molecule has 1 saturated heterocycles. The Hall–Kier alpha value is -2.41. The molecule has 0 saturated carbocycles. The molecule has 7 heteroatoms. The molecule has 0 spiro atoms. The minimum absolute atomic E-state index is 0.00610. The van der Waals surface area contributed by atoms with Crippen LogP contribution in [0.25, 0.3) is 10.9 Å². The summed E-state index contributed by atoms with van der Waals surface area (Å²) in [7, 11) is 0. The first-order valence-electron chi connectivity index (χ1n) is 8.71. The van der Waals surface area contributed by atoms with Crippen molar-refractivity contribution in [3.8, 4) is 0 Å². The van der Waals surface area contributed by atoms with Crippen molar-refractivity contribution in [2.45, 2.75) is 38.8 Å². The van der Waals surface area contributed by atoms with Gasteiger partial charge in [0.05, 0.1) is 17.0 Å². The Kier molecular flexibility index (Phi) is 5.33. The molecule has 1 amide bonds. The lowest BCUT2D eigenvalue weighted by Crippen LogP contribution is -2.43. The third-order valence-electron chi connectivity index (χ3n) is 4.59. The van der Waals surface area contributed by atoms with Gasteiger partial charge in [0.1, 0.15) is 0 Å². The van der Waals surface area contributed by atoms with Gasteiger partial charge in [-0.2, -0.15) is 0 Å². The molecule has 1 aliphatic rings. The maximum atomic E-state index is 12.5. The summed E-state index contributed by atoms with van der Waals surface area (Å²) in [6.07, 6.45) is 2.22.